The lowest BCUT2D eigenvalue weighted by molar-refractivity contribution is -0.131. The van der Waals surface area contributed by atoms with Crippen molar-refractivity contribution in [1.82, 2.24) is 0 Å². The monoisotopic (exact) mass is 194 g/mol. The third-order valence-corrected chi connectivity index (χ3v) is 1.70. The molecule has 0 amide bonds. The Bertz CT molecular complexity index is 382. The molecule has 1 aromatic rings. The second-order valence-electron chi connectivity index (χ2n) is 2.88. The highest BCUT2D eigenvalue weighted by molar-refractivity contribution is 5.90. The summed E-state index contributed by atoms with van der Waals surface area (Å²) < 4.78 is 4.76. The molecule has 74 valence electrons. The molecular weight excluding hydrogens is 184 g/mol. The first-order chi connectivity index (χ1) is 6.50. The number of rotatable bonds is 2. The first-order valence-corrected chi connectivity index (χ1v) is 4.03. The van der Waals surface area contributed by atoms with Crippen molar-refractivity contribution < 1.29 is 19.4 Å². The summed E-state index contributed by atoms with van der Waals surface area (Å²) in [5.41, 5.74) is 0.775. The Kier molecular flexibility index (Phi) is 2.86. The molecule has 0 unspecified atom stereocenters. The van der Waals surface area contributed by atoms with Gasteiger partial charge < -0.3 is 9.84 Å². The van der Waals surface area contributed by atoms with E-state index < -0.39 is 11.9 Å². The molecule has 0 spiro atoms. The van der Waals surface area contributed by atoms with Gasteiger partial charge in [0.05, 0.1) is 5.56 Å². The van der Waals surface area contributed by atoms with Crippen LogP contribution in [0.5, 0.6) is 5.75 Å². The Morgan fingerprint density at radius 2 is 2.00 bits per heavy atom. The smallest absolute Gasteiger partial charge is 0.336 e. The van der Waals surface area contributed by atoms with Gasteiger partial charge in [-0.15, -0.1) is 0 Å². The van der Waals surface area contributed by atoms with Crippen molar-refractivity contribution in [3.63, 3.8) is 0 Å². The van der Waals surface area contributed by atoms with E-state index in [4.69, 9.17) is 9.84 Å². The van der Waals surface area contributed by atoms with Crippen LogP contribution in [0.1, 0.15) is 22.8 Å². The number of carbonyl (C=O) groups excluding carboxylic acids is 1. The third-order valence-electron chi connectivity index (χ3n) is 1.70. The number of aryl methyl sites for hydroxylation is 1. The summed E-state index contributed by atoms with van der Waals surface area (Å²) in [6.07, 6.45) is 0. The van der Waals surface area contributed by atoms with Crippen LogP contribution >= 0.6 is 0 Å². The maximum atomic E-state index is 10.7. The van der Waals surface area contributed by atoms with Crippen LogP contribution in [0.4, 0.5) is 0 Å². The molecule has 1 N–H and O–H groups in total. The lowest BCUT2D eigenvalue weighted by Gasteiger charge is -2.04. The van der Waals surface area contributed by atoms with Gasteiger partial charge in [0.1, 0.15) is 5.75 Å². The van der Waals surface area contributed by atoms with Crippen LogP contribution in [-0.4, -0.2) is 17.0 Å². The zero-order valence-electron chi connectivity index (χ0n) is 7.90. The lowest BCUT2D eigenvalue weighted by Crippen LogP contribution is -2.04. The fourth-order valence-electron chi connectivity index (χ4n) is 1.06. The summed E-state index contributed by atoms with van der Waals surface area (Å²) >= 11 is 0. The molecule has 0 heterocycles. The van der Waals surface area contributed by atoms with Gasteiger partial charge in [0.15, 0.2) is 0 Å². The van der Waals surface area contributed by atoms with E-state index in [2.05, 4.69) is 0 Å². The van der Waals surface area contributed by atoms with E-state index in [0.717, 1.165) is 0 Å². The molecule has 4 nitrogen and oxygen atoms in total. The van der Waals surface area contributed by atoms with E-state index >= 15 is 0 Å². The van der Waals surface area contributed by atoms with Gasteiger partial charge in [-0.1, -0.05) is 6.07 Å². The molecule has 0 aliphatic carbocycles. The maximum Gasteiger partial charge on any atom is 0.336 e. The standard InChI is InChI=1S/C10H10O4/c1-6-3-4-8(14-7(2)11)5-9(6)10(12)13/h3-5H,1-2H3,(H,12,13). The average molecular weight is 194 g/mol. The molecule has 0 aromatic heterocycles. The number of hydrogen-bond acceptors (Lipinski definition) is 3. The normalized spacial score (nSPS) is 9.57. The largest absolute Gasteiger partial charge is 0.478 e. The highest BCUT2D eigenvalue weighted by Gasteiger charge is 2.08. The molecule has 0 bridgehead atoms. The molecule has 1 aromatic carbocycles. The predicted molar refractivity (Wildman–Crippen MR) is 49.4 cm³/mol. The van der Waals surface area contributed by atoms with E-state index in [1.165, 1.54) is 13.0 Å². The number of carboxylic acids is 1. The number of hydrogen-bond donors (Lipinski definition) is 1. The van der Waals surface area contributed by atoms with Crippen LogP contribution in [0.3, 0.4) is 0 Å². The Balaban J connectivity index is 3.06. The Hall–Kier alpha value is -1.84. The summed E-state index contributed by atoms with van der Waals surface area (Å²) in [6, 6.07) is 4.49. The number of aromatic carboxylic acids is 1. The van der Waals surface area contributed by atoms with Gasteiger partial charge in [-0.3, -0.25) is 4.79 Å². The molecule has 0 saturated carbocycles. The number of benzene rings is 1. The molecule has 1 rings (SSSR count). The van der Waals surface area contributed by atoms with Crippen molar-refractivity contribution >= 4 is 11.9 Å². The molecule has 4 heteroatoms. The highest BCUT2D eigenvalue weighted by atomic mass is 16.5. The quantitative estimate of drug-likeness (QED) is 0.574. The van der Waals surface area contributed by atoms with E-state index in [-0.39, 0.29) is 11.3 Å². The minimum atomic E-state index is -1.03. The van der Waals surface area contributed by atoms with Crippen molar-refractivity contribution in [2.24, 2.45) is 0 Å². The number of carbonyl (C=O) groups is 2. The minimum Gasteiger partial charge on any atom is -0.478 e. The molecular formula is C10H10O4. The minimum absolute atomic E-state index is 0.142. The third kappa shape index (κ3) is 2.32. The molecule has 0 aliphatic heterocycles. The zero-order valence-corrected chi connectivity index (χ0v) is 7.90. The van der Waals surface area contributed by atoms with Crippen LogP contribution in [0.2, 0.25) is 0 Å². The maximum absolute atomic E-state index is 10.7. The number of carboxylic acid groups (broad SMARTS) is 1. The molecule has 0 atom stereocenters. The summed E-state index contributed by atoms with van der Waals surface area (Å²) in [7, 11) is 0. The first kappa shape index (κ1) is 10.2. The molecule has 0 saturated heterocycles. The summed E-state index contributed by atoms with van der Waals surface area (Å²) in [5, 5.41) is 8.78. The van der Waals surface area contributed by atoms with Crippen molar-refractivity contribution in [2.45, 2.75) is 13.8 Å². The summed E-state index contributed by atoms with van der Waals surface area (Å²) in [6.45, 7) is 2.95. The van der Waals surface area contributed by atoms with Crippen LogP contribution in [0.25, 0.3) is 0 Å². The van der Waals surface area contributed by atoms with Crippen LogP contribution < -0.4 is 4.74 Å². The second-order valence-corrected chi connectivity index (χ2v) is 2.88. The van der Waals surface area contributed by atoms with E-state index in [1.54, 1.807) is 19.1 Å². The van der Waals surface area contributed by atoms with E-state index in [9.17, 15) is 9.59 Å². The average Bonchev–Trinajstić information content (AvgIpc) is 2.07. The second kappa shape index (κ2) is 3.91. The zero-order chi connectivity index (χ0) is 10.7. The van der Waals surface area contributed by atoms with Gasteiger partial charge in [-0.2, -0.15) is 0 Å². The van der Waals surface area contributed by atoms with Crippen molar-refractivity contribution in [3.8, 4) is 5.75 Å². The number of ether oxygens (including phenoxy) is 1. The Morgan fingerprint density at radius 3 is 2.50 bits per heavy atom. The Morgan fingerprint density at radius 1 is 1.36 bits per heavy atom. The molecule has 0 fully saturated rings. The molecule has 0 aliphatic rings. The summed E-state index contributed by atoms with van der Waals surface area (Å²) in [5.74, 6) is -1.25. The van der Waals surface area contributed by atoms with Crippen LogP contribution in [-0.2, 0) is 4.79 Å². The van der Waals surface area contributed by atoms with Crippen LogP contribution in [0, 0.1) is 6.92 Å². The topological polar surface area (TPSA) is 63.6 Å². The fraction of sp³-hybridized carbons (Fsp3) is 0.200. The first-order valence-electron chi connectivity index (χ1n) is 4.03. The van der Waals surface area contributed by atoms with Gasteiger partial charge in [-0.25, -0.2) is 4.79 Å². The molecule has 0 radical (unpaired) electrons. The summed E-state index contributed by atoms with van der Waals surface area (Å²) in [4.78, 5) is 21.3. The van der Waals surface area contributed by atoms with Gasteiger partial charge >= 0.3 is 11.9 Å². The van der Waals surface area contributed by atoms with E-state index in [0.29, 0.717) is 5.56 Å². The van der Waals surface area contributed by atoms with Crippen molar-refractivity contribution in [2.75, 3.05) is 0 Å². The van der Waals surface area contributed by atoms with Gasteiger partial charge in [0, 0.05) is 6.92 Å². The SMILES string of the molecule is CC(=O)Oc1ccc(C)c(C(=O)O)c1. The van der Waals surface area contributed by atoms with Crippen molar-refractivity contribution in [1.29, 1.82) is 0 Å². The molecule has 14 heavy (non-hydrogen) atoms. The van der Waals surface area contributed by atoms with E-state index in [1.807, 2.05) is 0 Å². The lowest BCUT2D eigenvalue weighted by atomic mass is 10.1. The predicted octanol–water partition coefficient (Wildman–Crippen LogP) is 1.62. The van der Waals surface area contributed by atoms with Crippen LogP contribution in [0.15, 0.2) is 18.2 Å². The number of esters is 1. The highest BCUT2D eigenvalue weighted by Crippen LogP contribution is 2.17. The Labute approximate surface area is 81.1 Å². The van der Waals surface area contributed by atoms with Gasteiger partial charge in [0.25, 0.3) is 0 Å². The fourth-order valence-corrected chi connectivity index (χ4v) is 1.06. The van der Waals surface area contributed by atoms with Gasteiger partial charge in [-0.05, 0) is 24.6 Å². The van der Waals surface area contributed by atoms with Gasteiger partial charge in [0.2, 0.25) is 0 Å². The van der Waals surface area contributed by atoms with Crippen molar-refractivity contribution in [3.05, 3.63) is 29.3 Å².